The number of rotatable bonds is 10. The quantitative estimate of drug-likeness (QED) is 0.109. The van der Waals surface area contributed by atoms with E-state index in [1.54, 1.807) is 6.08 Å². The maximum absolute atomic E-state index is 12.9. The fraction of sp³-hybridized carbons (Fsp3) is 0.238. The van der Waals surface area contributed by atoms with E-state index in [1.165, 1.54) is 53.4 Å². The van der Waals surface area contributed by atoms with Crippen molar-refractivity contribution >= 4 is 63.8 Å². The average Bonchev–Trinajstić information content (AvgIpc) is 3.36. The van der Waals surface area contributed by atoms with Crippen LogP contribution in [0.25, 0.3) is 0 Å². The van der Waals surface area contributed by atoms with Gasteiger partial charge in [-0.1, -0.05) is 5.16 Å². The highest BCUT2D eigenvalue weighted by Crippen LogP contribution is 2.38. The first-order chi connectivity index (χ1) is 17.8. The van der Waals surface area contributed by atoms with Gasteiger partial charge in [-0.05, 0) is 23.8 Å². The molecule has 2 atom stereocenters. The molecule has 3 amide bonds. The number of carbonyl (C=O) groups excluding carboxylic acids is 4. The summed E-state index contributed by atoms with van der Waals surface area (Å²) in [6, 6.07) is 4.61. The highest BCUT2D eigenvalue weighted by Gasteiger charge is 2.53. The first-order valence-corrected chi connectivity index (χ1v) is 12.4. The van der Waals surface area contributed by atoms with Gasteiger partial charge in [-0.3, -0.25) is 29.4 Å². The first kappa shape index (κ1) is 25.8. The molecule has 0 spiro atoms. The largest absolute Gasteiger partial charge is 0.456 e. The zero-order valence-electron chi connectivity index (χ0n) is 19.0. The van der Waals surface area contributed by atoms with Gasteiger partial charge in [0.2, 0.25) is 6.41 Å². The smallest absolute Gasteiger partial charge is 0.355 e. The number of non-ortho nitro benzene ring substituents is 1. The number of benzene rings is 1. The Kier molecular flexibility index (Phi) is 7.78. The zero-order valence-corrected chi connectivity index (χ0v) is 20.6. The van der Waals surface area contributed by atoms with Crippen molar-refractivity contribution in [2.45, 2.75) is 18.0 Å². The van der Waals surface area contributed by atoms with E-state index in [1.807, 2.05) is 0 Å². The van der Waals surface area contributed by atoms with Gasteiger partial charge in [-0.25, -0.2) is 9.78 Å². The van der Waals surface area contributed by atoms with Gasteiger partial charge in [0, 0.05) is 23.3 Å². The highest BCUT2D eigenvalue weighted by molar-refractivity contribution is 8.00. The fourth-order valence-corrected chi connectivity index (χ4v) is 5.32. The number of carbonyl (C=O) groups is 4. The van der Waals surface area contributed by atoms with Gasteiger partial charge < -0.3 is 20.2 Å². The van der Waals surface area contributed by atoms with Crippen molar-refractivity contribution in [2.75, 3.05) is 18.2 Å². The molecule has 0 aliphatic carbocycles. The minimum atomic E-state index is -0.933. The normalized spacial score (nSPS) is 18.6. The molecule has 2 aliphatic rings. The Morgan fingerprint density at radius 3 is 2.78 bits per heavy atom. The number of thiazole rings is 1. The lowest BCUT2D eigenvalue weighted by Gasteiger charge is -2.48. The van der Waals surface area contributed by atoms with E-state index in [9.17, 15) is 29.3 Å². The van der Waals surface area contributed by atoms with E-state index < -0.39 is 34.1 Å². The average molecular weight is 547 g/mol. The standard InChI is InChI=1S/C21H18N6O8S2/c1-34-25-15(13-9-37-21(23-13)22-10-28)17(29)24-16-18(30)26-14(6-7-36-19(16)26)20(31)35-8-11-2-4-12(5-3-11)27(32)33/h2-6,9-10,16,19H,7-8H2,1H3,(H,24,29)(H,22,23,28)/t16?,19-/m0/s1. The van der Waals surface area contributed by atoms with E-state index in [4.69, 9.17) is 9.57 Å². The van der Waals surface area contributed by atoms with Crippen molar-refractivity contribution in [2.24, 2.45) is 5.16 Å². The minimum Gasteiger partial charge on any atom is -0.456 e. The Hall–Kier alpha value is -4.31. The molecule has 0 radical (unpaired) electrons. The summed E-state index contributed by atoms with van der Waals surface area (Å²) in [5.74, 6) is -1.57. The number of nitro groups is 1. The van der Waals surface area contributed by atoms with E-state index in [0.717, 1.165) is 11.3 Å². The van der Waals surface area contributed by atoms with E-state index in [0.29, 0.717) is 17.7 Å². The number of anilines is 1. The predicted octanol–water partition coefficient (Wildman–Crippen LogP) is 0.997. The number of esters is 1. The van der Waals surface area contributed by atoms with Gasteiger partial charge in [0.05, 0.1) is 4.92 Å². The molecule has 16 heteroatoms. The van der Waals surface area contributed by atoms with Crippen LogP contribution in [0.3, 0.4) is 0 Å². The molecular formula is C21H18N6O8S2. The number of β-lactam (4-membered cyclic amide) rings is 1. The van der Waals surface area contributed by atoms with Gasteiger partial charge in [-0.15, -0.1) is 23.1 Å². The van der Waals surface area contributed by atoms with Crippen molar-refractivity contribution in [3.8, 4) is 0 Å². The van der Waals surface area contributed by atoms with Crippen LogP contribution in [0.15, 0.2) is 46.6 Å². The van der Waals surface area contributed by atoms with Crippen LogP contribution >= 0.6 is 23.1 Å². The van der Waals surface area contributed by atoms with Gasteiger partial charge in [-0.2, -0.15) is 0 Å². The number of nitrogens with zero attached hydrogens (tertiary/aromatic N) is 4. The number of hydrogen-bond acceptors (Lipinski definition) is 12. The summed E-state index contributed by atoms with van der Waals surface area (Å²) < 4.78 is 5.29. The number of fused-ring (bicyclic) bond motifs is 1. The second kappa shape index (κ2) is 11.2. The highest BCUT2D eigenvalue weighted by atomic mass is 32.2. The molecule has 2 N–H and O–H groups in total. The Labute approximate surface area is 216 Å². The SMILES string of the molecule is CON=C(C(=O)NC1C(=O)N2C(C(=O)OCc3ccc([N+](=O)[O-])cc3)=CCS[C@@H]12)c1csc(NC=O)n1. The van der Waals surface area contributed by atoms with E-state index >= 15 is 0 Å². The van der Waals surface area contributed by atoms with Gasteiger partial charge in [0.25, 0.3) is 17.5 Å². The Morgan fingerprint density at radius 2 is 2.11 bits per heavy atom. The van der Waals surface area contributed by atoms with Gasteiger partial charge in [0.1, 0.15) is 36.5 Å². The van der Waals surface area contributed by atoms with Crippen LogP contribution in [0.1, 0.15) is 11.3 Å². The lowest BCUT2D eigenvalue weighted by Crippen LogP contribution is -2.70. The van der Waals surface area contributed by atoms with Crippen molar-refractivity contribution < 1.29 is 33.7 Å². The molecule has 0 saturated carbocycles. The van der Waals surface area contributed by atoms with Crippen LogP contribution in [0.5, 0.6) is 0 Å². The number of amides is 3. The van der Waals surface area contributed by atoms with Gasteiger partial charge >= 0.3 is 5.97 Å². The van der Waals surface area contributed by atoms with Crippen molar-refractivity contribution in [3.63, 3.8) is 0 Å². The van der Waals surface area contributed by atoms with Crippen LogP contribution < -0.4 is 10.6 Å². The molecule has 1 saturated heterocycles. The number of aromatic nitrogens is 1. The second-order valence-corrected chi connectivity index (χ2v) is 9.40. The summed E-state index contributed by atoms with van der Waals surface area (Å²) in [4.78, 5) is 69.4. The molecule has 2 aliphatic heterocycles. The molecule has 1 aromatic carbocycles. The third-order valence-electron chi connectivity index (χ3n) is 5.19. The number of hydrogen-bond donors (Lipinski definition) is 2. The third-order valence-corrected chi connectivity index (χ3v) is 7.14. The molecule has 3 heterocycles. The molecule has 192 valence electrons. The Balaban J connectivity index is 1.38. The third kappa shape index (κ3) is 5.44. The van der Waals surface area contributed by atoms with Crippen LogP contribution in [-0.4, -0.2) is 69.0 Å². The Morgan fingerprint density at radius 1 is 1.35 bits per heavy atom. The molecule has 0 bridgehead atoms. The van der Waals surface area contributed by atoms with Gasteiger partial charge in [0.15, 0.2) is 10.8 Å². The number of nitrogens with one attached hydrogen (secondary N) is 2. The van der Waals surface area contributed by atoms with Crippen molar-refractivity contribution in [1.29, 1.82) is 0 Å². The summed E-state index contributed by atoms with van der Waals surface area (Å²) >= 11 is 2.42. The molecule has 14 nitrogen and oxygen atoms in total. The summed E-state index contributed by atoms with van der Waals surface area (Å²) in [5.41, 5.74) is 0.457. The lowest BCUT2D eigenvalue weighted by atomic mass is 10.0. The molecule has 4 rings (SSSR count). The molecule has 37 heavy (non-hydrogen) atoms. The molecular weight excluding hydrogens is 528 g/mol. The fourth-order valence-electron chi connectivity index (χ4n) is 3.47. The number of oxime groups is 1. The minimum absolute atomic E-state index is 0.0519. The maximum Gasteiger partial charge on any atom is 0.355 e. The molecule has 1 aromatic heterocycles. The van der Waals surface area contributed by atoms with Crippen molar-refractivity contribution in [3.05, 3.63) is 62.8 Å². The number of ether oxygens (including phenoxy) is 1. The van der Waals surface area contributed by atoms with Crippen LogP contribution in [0.4, 0.5) is 10.8 Å². The number of thioether (sulfide) groups is 1. The van der Waals surface area contributed by atoms with Crippen LogP contribution in [0, 0.1) is 10.1 Å². The topological polar surface area (TPSA) is 182 Å². The lowest BCUT2D eigenvalue weighted by molar-refractivity contribution is -0.384. The number of nitro benzene ring substituents is 1. The van der Waals surface area contributed by atoms with Crippen LogP contribution in [0.2, 0.25) is 0 Å². The predicted molar refractivity (Wildman–Crippen MR) is 131 cm³/mol. The molecule has 2 aromatic rings. The van der Waals surface area contributed by atoms with E-state index in [-0.39, 0.29) is 34.5 Å². The van der Waals surface area contributed by atoms with Crippen molar-refractivity contribution in [1.82, 2.24) is 15.2 Å². The summed E-state index contributed by atoms with van der Waals surface area (Å²) in [7, 11) is 1.25. The molecule has 1 fully saturated rings. The monoisotopic (exact) mass is 546 g/mol. The zero-order chi connectivity index (χ0) is 26.5. The summed E-state index contributed by atoms with van der Waals surface area (Å²) in [6.45, 7) is -0.139. The second-order valence-electron chi connectivity index (χ2n) is 7.39. The molecule has 1 unspecified atom stereocenters. The van der Waals surface area contributed by atoms with Crippen LogP contribution in [-0.2, 0) is 35.4 Å². The van der Waals surface area contributed by atoms with E-state index in [2.05, 4.69) is 20.8 Å². The first-order valence-electron chi connectivity index (χ1n) is 10.5. The Bertz CT molecular complexity index is 1310. The maximum atomic E-state index is 12.9. The summed E-state index contributed by atoms with van der Waals surface area (Å²) in [6.07, 6.45) is 2.00. The summed E-state index contributed by atoms with van der Waals surface area (Å²) in [5, 5.41) is 20.6.